The summed E-state index contributed by atoms with van der Waals surface area (Å²) >= 11 is -4.71. The summed E-state index contributed by atoms with van der Waals surface area (Å²) in [6.45, 7) is 6.78. The maximum atomic E-state index is 8.32. The van der Waals surface area contributed by atoms with Crippen LogP contribution in [0.3, 0.4) is 0 Å². The number of fused-ring (bicyclic) bond motifs is 2. The fraction of sp³-hybridized carbons (Fsp3) is 0.222. The van der Waals surface area contributed by atoms with Crippen molar-refractivity contribution in [2.24, 2.45) is 0 Å². The second kappa shape index (κ2) is 10.3. The molecule has 2 atom stereocenters. The van der Waals surface area contributed by atoms with E-state index in [1.807, 2.05) is 0 Å². The van der Waals surface area contributed by atoms with Gasteiger partial charge in [-0.05, 0) is 0 Å². The summed E-state index contributed by atoms with van der Waals surface area (Å²) in [5.41, 5.74) is 12.9. The fourth-order valence-electron chi connectivity index (χ4n) is 7.38. The third kappa shape index (κ3) is 4.46. The number of rotatable bonds is 7. The van der Waals surface area contributed by atoms with Crippen LogP contribution in [0.4, 0.5) is 0 Å². The van der Waals surface area contributed by atoms with Crippen molar-refractivity contribution >= 4 is 29.2 Å². The summed E-state index contributed by atoms with van der Waals surface area (Å²) < 4.78 is 1.08. The van der Waals surface area contributed by atoms with Crippen molar-refractivity contribution in [3.8, 4) is 22.3 Å². The summed E-state index contributed by atoms with van der Waals surface area (Å²) in [7, 11) is 16.6. The summed E-state index contributed by atoms with van der Waals surface area (Å²) in [4.78, 5) is 0. The van der Waals surface area contributed by atoms with Crippen LogP contribution in [0.1, 0.15) is 63.1 Å². The molecule has 0 amide bonds. The Morgan fingerprint density at radius 2 is 1.03 bits per heavy atom. The molecule has 4 aromatic rings. The molecule has 4 aromatic carbocycles. The zero-order valence-electron chi connectivity index (χ0n) is 22.9. The van der Waals surface area contributed by atoms with Crippen LogP contribution in [0, 0.1) is 0 Å². The molecule has 197 valence electrons. The van der Waals surface area contributed by atoms with E-state index in [0.29, 0.717) is 0 Å². The molecule has 0 radical (unpaired) electrons. The van der Waals surface area contributed by atoms with Crippen LogP contribution in [0.15, 0.2) is 108 Å². The molecule has 2 aliphatic carbocycles. The van der Waals surface area contributed by atoms with Gasteiger partial charge in [0.1, 0.15) is 0 Å². The molecule has 2 aliphatic rings. The van der Waals surface area contributed by atoms with Crippen LogP contribution < -0.4 is 0 Å². The molecule has 2 unspecified atom stereocenters. The van der Waals surface area contributed by atoms with Gasteiger partial charge in [-0.3, -0.25) is 0 Å². The van der Waals surface area contributed by atoms with Crippen molar-refractivity contribution in [3.05, 3.63) is 130 Å². The van der Waals surface area contributed by atoms with Gasteiger partial charge in [0, 0.05) is 0 Å². The second-order valence-corrected chi connectivity index (χ2v) is 33.9. The molecule has 0 aromatic heterocycles. The number of halogens is 2. The number of benzene rings is 4. The van der Waals surface area contributed by atoms with Gasteiger partial charge in [0.2, 0.25) is 0 Å². The fourth-order valence-corrected chi connectivity index (χ4v) is 29.9. The first-order valence-corrected chi connectivity index (χ1v) is 25.0. The zero-order valence-corrected chi connectivity index (χ0v) is 26.9. The Hall–Kier alpha value is -2.18. The van der Waals surface area contributed by atoms with Crippen LogP contribution in [0.5, 0.6) is 0 Å². The van der Waals surface area contributed by atoms with E-state index in [1.54, 1.807) is 0 Å². The van der Waals surface area contributed by atoms with Gasteiger partial charge in [0.15, 0.2) is 0 Å². The Balaban J connectivity index is 1.54. The van der Waals surface area contributed by atoms with Crippen LogP contribution in [0.2, 0.25) is 4.13 Å². The van der Waals surface area contributed by atoms with E-state index in [0.717, 1.165) is 17.0 Å². The average molecular weight is 630 g/mol. The van der Waals surface area contributed by atoms with Crippen molar-refractivity contribution in [2.45, 2.75) is 45.0 Å². The normalized spacial score (nSPS) is 19.1. The van der Waals surface area contributed by atoms with E-state index >= 15 is 0 Å². The summed E-state index contributed by atoms with van der Waals surface area (Å²) in [5, 5.41) is 0. The molecule has 0 spiro atoms. The van der Waals surface area contributed by atoms with Crippen molar-refractivity contribution in [1.82, 2.24) is 0 Å². The summed E-state index contributed by atoms with van der Waals surface area (Å²) in [6.07, 6.45) is 6.89. The van der Waals surface area contributed by atoms with Gasteiger partial charge < -0.3 is 0 Å². The van der Waals surface area contributed by atoms with Crippen LogP contribution in [-0.4, -0.2) is 0 Å². The third-order valence-corrected chi connectivity index (χ3v) is 29.1. The van der Waals surface area contributed by atoms with Crippen molar-refractivity contribution in [2.75, 3.05) is 0 Å². The van der Waals surface area contributed by atoms with Crippen LogP contribution >= 0.6 is 17.0 Å². The number of allylic oxidation sites excluding steroid dienone is 2. The molecule has 0 aliphatic heterocycles. The van der Waals surface area contributed by atoms with E-state index in [1.165, 1.54) is 55.7 Å². The SMILES string of the molecule is CCC[CH2][Zr]([Cl])([Cl])([CH]1C(C)=Cc2c(-c3ccccc3)cccc21)[CH]1C(C)=Cc2c(-c3ccccc3)cccc21. The van der Waals surface area contributed by atoms with E-state index in [4.69, 9.17) is 17.0 Å². The standard InChI is InChI=1S/2C16H13.C4H9.2ClH.Zr/c2*1-12-10-14-8-5-9-15(16(14)11-12)13-6-3-2-4-7-13;1-3-4-2;;;/h2*2-11H,1H3;1,3-4H2,2H3;2*1H;/q;;;;;+2/p-2. The van der Waals surface area contributed by atoms with Crippen molar-refractivity contribution in [3.63, 3.8) is 0 Å². The first kappa shape index (κ1) is 27.0. The summed E-state index contributed by atoms with van der Waals surface area (Å²) in [6, 6.07) is 34.8. The molecule has 0 saturated carbocycles. The van der Waals surface area contributed by atoms with Gasteiger partial charge in [-0.2, -0.15) is 0 Å². The van der Waals surface area contributed by atoms with Gasteiger partial charge in [0.05, 0.1) is 0 Å². The van der Waals surface area contributed by atoms with Gasteiger partial charge >= 0.3 is 243 Å². The molecule has 0 bridgehead atoms. The zero-order chi connectivity index (χ0) is 27.2. The Morgan fingerprint density at radius 1 is 0.590 bits per heavy atom. The first-order valence-electron chi connectivity index (χ1n) is 14.1. The van der Waals surface area contributed by atoms with Crippen molar-refractivity contribution in [1.29, 1.82) is 0 Å². The second-order valence-electron chi connectivity index (χ2n) is 11.4. The van der Waals surface area contributed by atoms with Gasteiger partial charge in [-0.1, -0.05) is 0 Å². The first-order chi connectivity index (χ1) is 18.8. The predicted octanol–water partition coefficient (Wildman–Crippen LogP) is 11.9. The molecule has 0 heterocycles. The van der Waals surface area contributed by atoms with E-state index in [-0.39, 0.29) is 7.25 Å². The minimum atomic E-state index is -4.71. The van der Waals surface area contributed by atoms with Gasteiger partial charge in [-0.15, -0.1) is 0 Å². The quantitative estimate of drug-likeness (QED) is 0.191. The monoisotopic (exact) mass is 627 g/mol. The van der Waals surface area contributed by atoms with Crippen LogP contribution in [-0.2, 0) is 16.4 Å². The Bertz CT molecular complexity index is 1480. The Kier molecular flexibility index (Phi) is 7.16. The molecular formula is C36H35Cl2Zr. The molecular weight excluding hydrogens is 595 g/mol. The Labute approximate surface area is 241 Å². The van der Waals surface area contributed by atoms with E-state index in [2.05, 4.69) is 130 Å². The molecule has 0 saturated heterocycles. The maximum absolute atomic E-state index is 8.32. The van der Waals surface area contributed by atoms with Gasteiger partial charge in [-0.25, -0.2) is 0 Å². The van der Waals surface area contributed by atoms with Gasteiger partial charge in [0.25, 0.3) is 0 Å². The molecule has 0 fully saturated rings. The van der Waals surface area contributed by atoms with E-state index < -0.39 is 16.4 Å². The van der Waals surface area contributed by atoms with E-state index in [9.17, 15) is 0 Å². The molecule has 39 heavy (non-hydrogen) atoms. The average Bonchev–Trinajstić information content (AvgIpc) is 3.49. The number of hydrogen-bond donors (Lipinski definition) is 0. The molecule has 0 nitrogen and oxygen atoms in total. The molecule has 3 heteroatoms. The predicted molar refractivity (Wildman–Crippen MR) is 168 cm³/mol. The third-order valence-electron chi connectivity index (χ3n) is 8.91. The summed E-state index contributed by atoms with van der Waals surface area (Å²) in [5.74, 6) is 0. The minimum absolute atomic E-state index is 0.0830. The topological polar surface area (TPSA) is 0 Å². The van der Waals surface area contributed by atoms with Crippen molar-refractivity contribution < 1.29 is 16.4 Å². The Morgan fingerprint density at radius 3 is 1.44 bits per heavy atom. The van der Waals surface area contributed by atoms with Crippen LogP contribution in [0.25, 0.3) is 34.4 Å². The molecule has 0 N–H and O–H groups in total. The number of hydrogen-bond acceptors (Lipinski definition) is 0. The molecule has 6 rings (SSSR count). The number of unbranched alkanes of at least 4 members (excludes halogenated alkanes) is 1.